The van der Waals surface area contributed by atoms with E-state index in [1.807, 2.05) is 0 Å². The lowest BCUT2D eigenvalue weighted by Gasteiger charge is -2.62. The molecule has 0 radical (unpaired) electrons. The van der Waals surface area contributed by atoms with Gasteiger partial charge in [0.05, 0.1) is 24.7 Å². The molecule has 0 amide bonds. The van der Waals surface area contributed by atoms with E-state index < -0.39 is 66.1 Å². The molecular weight excluding hydrogens is 588 g/mol. The summed E-state index contributed by atoms with van der Waals surface area (Å²) in [4.78, 5) is 14.2. The number of fused-ring (bicyclic) bond motifs is 4. The molecule has 0 unspecified atom stereocenters. The number of ether oxygens (including phenoxy) is 2. The fourth-order valence-corrected chi connectivity index (χ4v) is 10.8. The van der Waals surface area contributed by atoms with E-state index in [0.29, 0.717) is 25.2 Å². The molecular formula is C37H60O9. The molecule has 46 heavy (non-hydrogen) atoms. The van der Waals surface area contributed by atoms with Crippen LogP contribution in [0.1, 0.15) is 106 Å². The van der Waals surface area contributed by atoms with Crippen LogP contribution in [0.25, 0.3) is 0 Å². The van der Waals surface area contributed by atoms with Crippen LogP contribution in [0.2, 0.25) is 0 Å². The normalized spacial score (nSPS) is 45.9. The number of hydrogen-bond acceptors (Lipinski definition) is 9. The van der Waals surface area contributed by atoms with Crippen LogP contribution in [0.5, 0.6) is 0 Å². The number of carbonyl (C=O) groups excluding carboxylic acids is 1. The second kappa shape index (κ2) is 12.5. The van der Waals surface area contributed by atoms with Gasteiger partial charge in [0.25, 0.3) is 0 Å². The van der Waals surface area contributed by atoms with Gasteiger partial charge < -0.3 is 40.1 Å². The van der Waals surface area contributed by atoms with E-state index in [1.54, 1.807) is 0 Å². The van der Waals surface area contributed by atoms with Gasteiger partial charge in [-0.2, -0.15) is 0 Å². The molecule has 1 heterocycles. The number of carbonyl (C=O) groups is 1. The van der Waals surface area contributed by atoms with Gasteiger partial charge in [0, 0.05) is 5.41 Å². The van der Waals surface area contributed by atoms with Crippen molar-refractivity contribution in [2.24, 2.45) is 45.3 Å². The third-order valence-electron chi connectivity index (χ3n) is 14.3. The Kier molecular flexibility index (Phi) is 9.79. The molecule has 5 aliphatic rings. The molecule has 0 aromatic heterocycles. The summed E-state index contributed by atoms with van der Waals surface area (Å²) in [5, 5.41) is 64.0. The molecule has 0 bridgehead atoms. The predicted molar refractivity (Wildman–Crippen MR) is 173 cm³/mol. The van der Waals surface area contributed by atoms with E-state index in [-0.39, 0.29) is 28.8 Å². The van der Waals surface area contributed by atoms with Crippen molar-refractivity contribution >= 4 is 5.97 Å². The Hall–Kier alpha value is -1.33. The van der Waals surface area contributed by atoms with Crippen molar-refractivity contribution in [1.29, 1.82) is 0 Å². The van der Waals surface area contributed by atoms with Gasteiger partial charge in [-0.3, -0.25) is 4.79 Å². The standard InChI is InChI=1S/C37H60O9/c1-19(2)20(3)9-10-21(32(44)46-33-31(43)30(42)29(41)25(18-38)45-33)24-17-28(40)37(8)23-11-12-26-34(4,5)27(39)14-15-35(26,6)22(23)13-16-36(24,37)7/h19,21,24-31,33,38-43H,3,9-18H2,1-2,4-8H3/t21-,24-,25-,26+,27+,28+,29-,30+,31-,33+,35-,36-,37-/m1/s1. The number of esters is 1. The van der Waals surface area contributed by atoms with Gasteiger partial charge in [-0.25, -0.2) is 0 Å². The Morgan fingerprint density at radius 3 is 2.24 bits per heavy atom. The largest absolute Gasteiger partial charge is 0.432 e. The lowest BCUT2D eigenvalue weighted by atomic mass is 9.43. The maximum atomic E-state index is 14.2. The van der Waals surface area contributed by atoms with E-state index in [2.05, 4.69) is 55.0 Å². The van der Waals surface area contributed by atoms with Gasteiger partial charge in [-0.15, -0.1) is 0 Å². The van der Waals surface area contributed by atoms with E-state index in [1.165, 1.54) is 11.1 Å². The molecule has 0 spiro atoms. The van der Waals surface area contributed by atoms with Crippen LogP contribution in [-0.4, -0.2) is 86.1 Å². The topological polar surface area (TPSA) is 157 Å². The number of rotatable bonds is 8. The summed E-state index contributed by atoms with van der Waals surface area (Å²) in [6.45, 7) is 19.0. The molecule has 13 atom stereocenters. The van der Waals surface area contributed by atoms with Gasteiger partial charge >= 0.3 is 5.97 Å². The van der Waals surface area contributed by atoms with Crippen LogP contribution in [0.4, 0.5) is 0 Å². The van der Waals surface area contributed by atoms with Crippen LogP contribution in [0, 0.1) is 45.3 Å². The number of aliphatic hydroxyl groups is 6. The van der Waals surface area contributed by atoms with Crippen LogP contribution in [-0.2, 0) is 14.3 Å². The molecule has 9 heteroatoms. The molecule has 3 fully saturated rings. The highest BCUT2D eigenvalue weighted by Gasteiger charge is 2.67. The maximum Gasteiger partial charge on any atom is 0.311 e. The fraction of sp³-hybridized carbons (Fsp3) is 0.865. The molecule has 1 saturated heterocycles. The van der Waals surface area contributed by atoms with E-state index in [0.717, 1.165) is 44.1 Å². The van der Waals surface area contributed by atoms with Gasteiger partial charge in [-0.05, 0) is 91.8 Å². The summed E-state index contributed by atoms with van der Waals surface area (Å²) in [6.07, 6.45) is -1.91. The van der Waals surface area contributed by atoms with Gasteiger partial charge in [-0.1, -0.05) is 71.8 Å². The summed E-state index contributed by atoms with van der Waals surface area (Å²) in [6, 6.07) is 0. The zero-order valence-electron chi connectivity index (χ0n) is 29.0. The van der Waals surface area contributed by atoms with Gasteiger partial charge in [0.15, 0.2) is 0 Å². The smallest absolute Gasteiger partial charge is 0.311 e. The minimum atomic E-state index is -1.68. The Morgan fingerprint density at radius 2 is 1.61 bits per heavy atom. The summed E-state index contributed by atoms with van der Waals surface area (Å²) >= 11 is 0. The number of aliphatic hydroxyl groups excluding tert-OH is 6. The van der Waals surface area contributed by atoms with Crippen molar-refractivity contribution in [2.45, 2.75) is 149 Å². The zero-order chi connectivity index (χ0) is 34.1. The Morgan fingerprint density at radius 1 is 0.935 bits per heavy atom. The first-order valence-corrected chi connectivity index (χ1v) is 17.6. The quantitative estimate of drug-likeness (QED) is 0.169. The van der Waals surface area contributed by atoms with Crippen LogP contribution in [0.3, 0.4) is 0 Å². The Bertz CT molecular complexity index is 1210. The number of hydrogen-bond donors (Lipinski definition) is 6. The molecule has 2 saturated carbocycles. The first kappa shape index (κ1) is 36.0. The third kappa shape index (κ3) is 5.35. The highest BCUT2D eigenvalue weighted by molar-refractivity contribution is 5.73. The summed E-state index contributed by atoms with van der Waals surface area (Å²) in [7, 11) is 0. The van der Waals surface area contributed by atoms with Crippen molar-refractivity contribution in [3.63, 3.8) is 0 Å². The van der Waals surface area contributed by atoms with E-state index in [9.17, 15) is 35.4 Å². The predicted octanol–water partition coefficient (Wildman–Crippen LogP) is 4.02. The van der Waals surface area contributed by atoms with E-state index >= 15 is 0 Å². The second-order valence-corrected chi connectivity index (χ2v) is 16.9. The average molecular weight is 649 g/mol. The van der Waals surface area contributed by atoms with Gasteiger partial charge in [0.2, 0.25) is 6.29 Å². The summed E-state index contributed by atoms with van der Waals surface area (Å²) in [5.41, 5.74) is 2.61. The monoisotopic (exact) mass is 648 g/mol. The Balaban J connectivity index is 1.49. The van der Waals surface area contributed by atoms with Crippen LogP contribution in [0.15, 0.2) is 23.3 Å². The molecule has 5 rings (SSSR count). The molecule has 262 valence electrons. The van der Waals surface area contributed by atoms with Crippen molar-refractivity contribution in [1.82, 2.24) is 0 Å². The van der Waals surface area contributed by atoms with Crippen molar-refractivity contribution in [2.75, 3.05) is 6.61 Å². The summed E-state index contributed by atoms with van der Waals surface area (Å²) < 4.78 is 11.4. The lowest BCUT2D eigenvalue weighted by Crippen LogP contribution is -2.60. The Labute approximate surface area is 275 Å². The lowest BCUT2D eigenvalue weighted by molar-refractivity contribution is -0.294. The highest BCUT2D eigenvalue weighted by atomic mass is 16.7. The SMILES string of the molecule is C=C(CC[C@@H](C(=O)O[C@@H]1O[C@H](CO)[C@@H](O)[C@H](O)[C@H]1O)[C@H]1C[C@H](O)[C@@]2(C)C3=C(CC[C@]12C)[C@@]1(C)CC[C@H](O)C(C)(C)[C@@H]1CC3)C(C)C. The molecule has 9 nitrogen and oxygen atoms in total. The molecule has 0 aromatic rings. The molecule has 0 aromatic carbocycles. The zero-order valence-corrected chi connectivity index (χ0v) is 29.0. The first-order valence-electron chi connectivity index (χ1n) is 17.6. The number of allylic oxidation sites excluding steroid dienone is 2. The molecule has 1 aliphatic heterocycles. The third-order valence-corrected chi connectivity index (χ3v) is 14.3. The van der Waals surface area contributed by atoms with E-state index in [4.69, 9.17) is 9.47 Å². The minimum absolute atomic E-state index is 0.0467. The van der Waals surface area contributed by atoms with Crippen molar-refractivity contribution < 1.29 is 44.9 Å². The summed E-state index contributed by atoms with van der Waals surface area (Å²) in [5.74, 6) is -0.861. The average Bonchev–Trinajstić information content (AvgIpc) is 3.20. The maximum absolute atomic E-state index is 14.2. The minimum Gasteiger partial charge on any atom is -0.432 e. The highest BCUT2D eigenvalue weighted by Crippen LogP contribution is 2.72. The molecule has 4 aliphatic carbocycles. The second-order valence-electron chi connectivity index (χ2n) is 16.9. The first-order chi connectivity index (χ1) is 21.4. The van der Waals surface area contributed by atoms with Crippen LogP contribution >= 0.6 is 0 Å². The van der Waals surface area contributed by atoms with Crippen molar-refractivity contribution in [3.05, 3.63) is 23.3 Å². The van der Waals surface area contributed by atoms with Crippen LogP contribution < -0.4 is 0 Å². The molecule has 6 N–H and O–H groups in total. The fourth-order valence-electron chi connectivity index (χ4n) is 10.8. The van der Waals surface area contributed by atoms with Crippen molar-refractivity contribution in [3.8, 4) is 0 Å². The van der Waals surface area contributed by atoms with Gasteiger partial charge in [0.1, 0.15) is 24.4 Å².